The zero-order valence-electron chi connectivity index (χ0n) is 8.23. The summed E-state index contributed by atoms with van der Waals surface area (Å²) in [6.07, 6.45) is 2.75. The molecule has 14 heavy (non-hydrogen) atoms. The predicted molar refractivity (Wildman–Crippen MR) is 62.8 cm³/mol. The number of hydrogen-bond acceptors (Lipinski definition) is 2. The first-order chi connectivity index (χ1) is 6.88. The molecule has 0 saturated heterocycles. The molecule has 1 aromatic carbocycles. The van der Waals surface area contributed by atoms with Crippen molar-refractivity contribution in [3.8, 4) is 6.07 Å². The van der Waals surface area contributed by atoms with E-state index in [1.807, 2.05) is 30.3 Å². The van der Waals surface area contributed by atoms with Crippen LogP contribution in [0.25, 0.3) is 4.91 Å². The third-order valence-electron chi connectivity index (χ3n) is 1.72. The molecule has 0 N–H and O–H groups in total. The van der Waals surface area contributed by atoms with Crippen molar-refractivity contribution in [2.45, 2.75) is 13.3 Å². The van der Waals surface area contributed by atoms with Gasteiger partial charge in [0.25, 0.3) is 0 Å². The second kappa shape index (κ2) is 6.28. The van der Waals surface area contributed by atoms with Crippen LogP contribution in [-0.2, 0) is 0 Å². The van der Waals surface area contributed by atoms with Crippen LogP contribution in [0, 0.1) is 11.3 Å². The Balaban J connectivity index is 2.80. The number of thioether (sulfide) groups is 1. The second-order valence-electron chi connectivity index (χ2n) is 2.85. The fraction of sp³-hybridized carbons (Fsp3) is 0.250. The highest BCUT2D eigenvalue weighted by Crippen LogP contribution is 2.27. The van der Waals surface area contributed by atoms with Crippen molar-refractivity contribution < 1.29 is 0 Å². The number of nitrogens with zero attached hydrogens (tertiary/aromatic N) is 1. The molecule has 0 fully saturated rings. The Hall–Kier alpha value is -1.20. The predicted octanol–water partition coefficient (Wildman–Crippen LogP) is 3.69. The van der Waals surface area contributed by atoms with Gasteiger partial charge in [-0.1, -0.05) is 37.3 Å². The standard InChI is InChI=1S/C12H13NS/c1-2-10-14-12(8-9-13)11-6-4-3-5-7-11/h3-8H,2,10H2,1H3/b12-8-. The van der Waals surface area contributed by atoms with Gasteiger partial charge in [0.15, 0.2) is 0 Å². The topological polar surface area (TPSA) is 23.8 Å². The number of hydrogen-bond donors (Lipinski definition) is 0. The molecule has 0 aliphatic rings. The molecule has 0 spiro atoms. The van der Waals surface area contributed by atoms with Gasteiger partial charge in [-0.25, -0.2) is 0 Å². The summed E-state index contributed by atoms with van der Waals surface area (Å²) in [5.41, 5.74) is 1.13. The summed E-state index contributed by atoms with van der Waals surface area (Å²) in [5, 5.41) is 8.66. The second-order valence-corrected chi connectivity index (χ2v) is 3.99. The molecule has 1 nitrogen and oxygen atoms in total. The molecule has 0 bridgehead atoms. The van der Waals surface area contributed by atoms with E-state index in [0.29, 0.717) is 0 Å². The molecule has 0 saturated carbocycles. The normalized spacial score (nSPS) is 11.0. The number of allylic oxidation sites excluding steroid dienone is 1. The van der Waals surface area contributed by atoms with Crippen LogP contribution in [0.3, 0.4) is 0 Å². The maximum Gasteiger partial charge on any atom is 0.0923 e. The van der Waals surface area contributed by atoms with Crippen molar-refractivity contribution >= 4 is 16.7 Å². The van der Waals surface area contributed by atoms with E-state index in [0.717, 1.165) is 22.6 Å². The molecular formula is C12H13NS. The number of nitriles is 1. The average Bonchev–Trinajstić information content (AvgIpc) is 2.25. The Morgan fingerprint density at radius 2 is 2.14 bits per heavy atom. The zero-order chi connectivity index (χ0) is 10.2. The van der Waals surface area contributed by atoms with E-state index in [1.165, 1.54) is 0 Å². The largest absolute Gasteiger partial charge is 0.193 e. The van der Waals surface area contributed by atoms with Crippen molar-refractivity contribution in [1.82, 2.24) is 0 Å². The lowest BCUT2D eigenvalue weighted by Crippen LogP contribution is -1.81. The summed E-state index contributed by atoms with van der Waals surface area (Å²) in [4.78, 5) is 1.06. The molecular weight excluding hydrogens is 190 g/mol. The minimum absolute atomic E-state index is 1.06. The molecule has 0 unspecified atom stereocenters. The van der Waals surface area contributed by atoms with Crippen molar-refractivity contribution in [3.63, 3.8) is 0 Å². The van der Waals surface area contributed by atoms with Crippen LogP contribution in [0.5, 0.6) is 0 Å². The van der Waals surface area contributed by atoms with Crippen LogP contribution in [-0.4, -0.2) is 5.75 Å². The molecule has 1 rings (SSSR count). The first-order valence-electron chi connectivity index (χ1n) is 4.66. The smallest absolute Gasteiger partial charge is 0.0923 e. The van der Waals surface area contributed by atoms with Crippen LogP contribution in [0.4, 0.5) is 0 Å². The SMILES string of the molecule is CCCS/C(=C\C#N)c1ccccc1. The van der Waals surface area contributed by atoms with Crippen LogP contribution in [0.1, 0.15) is 18.9 Å². The van der Waals surface area contributed by atoms with Crippen molar-refractivity contribution in [3.05, 3.63) is 42.0 Å². The van der Waals surface area contributed by atoms with Gasteiger partial charge >= 0.3 is 0 Å². The molecule has 2 heteroatoms. The van der Waals surface area contributed by atoms with Crippen LogP contribution >= 0.6 is 11.8 Å². The van der Waals surface area contributed by atoms with E-state index >= 15 is 0 Å². The quantitative estimate of drug-likeness (QED) is 0.697. The van der Waals surface area contributed by atoms with Crippen molar-refractivity contribution in [1.29, 1.82) is 5.26 Å². The minimum atomic E-state index is 1.06. The molecule has 0 aliphatic heterocycles. The Kier molecular flexibility index (Phi) is 4.88. The number of rotatable bonds is 4. The fourth-order valence-corrected chi connectivity index (χ4v) is 1.94. The average molecular weight is 203 g/mol. The summed E-state index contributed by atoms with van der Waals surface area (Å²) >= 11 is 1.74. The van der Waals surface area contributed by atoms with Gasteiger partial charge < -0.3 is 0 Å². The maximum absolute atomic E-state index is 8.66. The Morgan fingerprint density at radius 1 is 1.43 bits per heavy atom. The lowest BCUT2D eigenvalue weighted by Gasteiger charge is -2.04. The van der Waals surface area contributed by atoms with Gasteiger partial charge in [0.1, 0.15) is 0 Å². The summed E-state index contributed by atoms with van der Waals surface area (Å²) in [6, 6.07) is 12.1. The van der Waals surface area contributed by atoms with Gasteiger partial charge in [-0.2, -0.15) is 5.26 Å². The van der Waals surface area contributed by atoms with Gasteiger partial charge in [-0.05, 0) is 17.7 Å². The van der Waals surface area contributed by atoms with E-state index in [9.17, 15) is 0 Å². The Morgan fingerprint density at radius 3 is 2.71 bits per heavy atom. The monoisotopic (exact) mass is 203 g/mol. The van der Waals surface area contributed by atoms with Crippen molar-refractivity contribution in [2.75, 3.05) is 5.75 Å². The van der Waals surface area contributed by atoms with E-state index in [1.54, 1.807) is 17.8 Å². The van der Waals surface area contributed by atoms with Crippen LogP contribution in [0.2, 0.25) is 0 Å². The lowest BCUT2D eigenvalue weighted by molar-refractivity contribution is 1.11. The fourth-order valence-electron chi connectivity index (χ4n) is 1.08. The molecule has 0 atom stereocenters. The van der Waals surface area contributed by atoms with Gasteiger partial charge in [-0.15, -0.1) is 11.8 Å². The first kappa shape index (κ1) is 10.9. The van der Waals surface area contributed by atoms with Gasteiger partial charge in [0.2, 0.25) is 0 Å². The Labute approximate surface area is 89.4 Å². The van der Waals surface area contributed by atoms with E-state index in [4.69, 9.17) is 5.26 Å². The molecule has 0 heterocycles. The highest BCUT2D eigenvalue weighted by atomic mass is 32.2. The summed E-state index contributed by atoms with van der Waals surface area (Å²) in [5.74, 6) is 1.06. The summed E-state index contributed by atoms with van der Waals surface area (Å²) < 4.78 is 0. The zero-order valence-corrected chi connectivity index (χ0v) is 9.05. The highest BCUT2D eigenvalue weighted by molar-refractivity contribution is 8.08. The molecule has 0 amide bonds. The molecule has 0 aliphatic carbocycles. The lowest BCUT2D eigenvalue weighted by atomic mass is 10.2. The molecule has 0 radical (unpaired) electrons. The van der Waals surface area contributed by atoms with E-state index in [2.05, 4.69) is 13.0 Å². The highest BCUT2D eigenvalue weighted by Gasteiger charge is 2.00. The minimum Gasteiger partial charge on any atom is -0.193 e. The molecule has 0 aromatic heterocycles. The van der Waals surface area contributed by atoms with Gasteiger partial charge in [0.05, 0.1) is 6.07 Å². The first-order valence-corrected chi connectivity index (χ1v) is 5.65. The third kappa shape index (κ3) is 3.27. The third-order valence-corrected chi connectivity index (χ3v) is 2.99. The number of benzene rings is 1. The van der Waals surface area contributed by atoms with Gasteiger partial charge in [-0.3, -0.25) is 0 Å². The van der Waals surface area contributed by atoms with E-state index in [-0.39, 0.29) is 0 Å². The van der Waals surface area contributed by atoms with Crippen LogP contribution in [0.15, 0.2) is 36.4 Å². The Bertz CT molecular complexity index is 335. The maximum atomic E-state index is 8.66. The van der Waals surface area contributed by atoms with Crippen LogP contribution < -0.4 is 0 Å². The summed E-state index contributed by atoms with van der Waals surface area (Å²) in [7, 11) is 0. The summed E-state index contributed by atoms with van der Waals surface area (Å²) in [6.45, 7) is 2.14. The molecule has 1 aromatic rings. The van der Waals surface area contributed by atoms with E-state index < -0.39 is 0 Å². The van der Waals surface area contributed by atoms with Gasteiger partial charge in [0, 0.05) is 11.0 Å². The van der Waals surface area contributed by atoms with Crippen molar-refractivity contribution in [2.24, 2.45) is 0 Å². The molecule has 72 valence electrons.